The minimum Gasteiger partial charge on any atom is -0.228 e. The highest BCUT2D eigenvalue weighted by atomic mass is 14.9. The molecule has 0 spiro atoms. The molecule has 2 heteroatoms. The summed E-state index contributed by atoms with van der Waals surface area (Å²) >= 11 is 0. The van der Waals surface area contributed by atoms with Gasteiger partial charge in [-0.25, -0.2) is 9.97 Å². The summed E-state index contributed by atoms with van der Waals surface area (Å²) < 4.78 is 0. The molecule has 2 nitrogen and oxygen atoms in total. The fourth-order valence-corrected chi connectivity index (χ4v) is 8.13. The Labute approximate surface area is 327 Å². The van der Waals surface area contributed by atoms with Gasteiger partial charge in [0.2, 0.25) is 0 Å². The minimum atomic E-state index is 0.702. The molecule has 56 heavy (non-hydrogen) atoms. The Kier molecular flexibility index (Phi) is 8.55. The molecule has 0 unspecified atom stereocenters. The maximum absolute atomic E-state index is 5.26. The average molecular weight is 713 g/mol. The normalized spacial score (nSPS) is 11.2. The van der Waals surface area contributed by atoms with Crippen LogP contribution in [0.15, 0.2) is 218 Å². The van der Waals surface area contributed by atoms with Crippen LogP contribution in [0.4, 0.5) is 0 Å². The second kappa shape index (κ2) is 14.4. The Bertz CT molecular complexity index is 2930. The lowest BCUT2D eigenvalue weighted by Gasteiger charge is -2.21. The third-order valence-corrected chi connectivity index (χ3v) is 10.7. The van der Waals surface area contributed by atoms with E-state index in [4.69, 9.17) is 9.97 Å². The molecule has 0 fully saturated rings. The summed E-state index contributed by atoms with van der Waals surface area (Å²) in [5, 5.41) is 4.78. The van der Waals surface area contributed by atoms with Crippen molar-refractivity contribution in [2.24, 2.45) is 0 Å². The first kappa shape index (κ1) is 33.2. The highest BCUT2D eigenvalue weighted by molar-refractivity contribution is 6.23. The Balaban J connectivity index is 1.31. The summed E-state index contributed by atoms with van der Waals surface area (Å²) in [5.74, 6) is 0.702. The van der Waals surface area contributed by atoms with E-state index >= 15 is 0 Å². The van der Waals surface area contributed by atoms with Crippen molar-refractivity contribution in [2.75, 3.05) is 0 Å². The van der Waals surface area contributed by atoms with Crippen LogP contribution in [0.5, 0.6) is 0 Å². The molecular formula is C54H36N2. The van der Waals surface area contributed by atoms with E-state index in [9.17, 15) is 0 Å². The van der Waals surface area contributed by atoms with Crippen LogP contribution in [0.2, 0.25) is 0 Å². The summed E-state index contributed by atoms with van der Waals surface area (Å²) in [4.78, 5) is 10.4. The van der Waals surface area contributed by atoms with Gasteiger partial charge in [-0.3, -0.25) is 0 Å². The van der Waals surface area contributed by atoms with Crippen molar-refractivity contribution in [3.8, 4) is 78.4 Å². The molecule has 1 aromatic heterocycles. The quantitative estimate of drug-likeness (QED) is 0.154. The van der Waals surface area contributed by atoms with E-state index in [1.807, 2.05) is 24.3 Å². The molecule has 0 aliphatic carbocycles. The number of nitrogens with zero attached hydrogens (tertiary/aromatic N) is 2. The van der Waals surface area contributed by atoms with Crippen LogP contribution in [0.1, 0.15) is 0 Å². The fraction of sp³-hybridized carbons (Fsp3) is 0. The lowest BCUT2D eigenvalue weighted by atomic mass is 9.82. The minimum absolute atomic E-state index is 0.702. The fourth-order valence-electron chi connectivity index (χ4n) is 8.13. The van der Waals surface area contributed by atoms with Gasteiger partial charge in [0.1, 0.15) is 0 Å². The number of rotatable bonds is 7. The summed E-state index contributed by atoms with van der Waals surface area (Å²) in [7, 11) is 0. The third-order valence-electron chi connectivity index (χ3n) is 10.7. The Morgan fingerprint density at radius 1 is 0.232 bits per heavy atom. The van der Waals surface area contributed by atoms with E-state index in [1.54, 1.807) is 0 Å². The zero-order chi connectivity index (χ0) is 37.3. The van der Waals surface area contributed by atoms with Crippen LogP contribution >= 0.6 is 0 Å². The third kappa shape index (κ3) is 6.04. The van der Waals surface area contributed by atoms with Crippen LogP contribution < -0.4 is 0 Å². The van der Waals surface area contributed by atoms with Gasteiger partial charge < -0.3 is 0 Å². The highest BCUT2D eigenvalue weighted by Gasteiger charge is 2.22. The number of hydrogen-bond donors (Lipinski definition) is 0. The lowest BCUT2D eigenvalue weighted by Crippen LogP contribution is -1.97. The average Bonchev–Trinajstić information content (AvgIpc) is 3.29. The second-order valence-corrected chi connectivity index (χ2v) is 14.1. The largest absolute Gasteiger partial charge is 0.228 e. The number of aromatic nitrogens is 2. The Hall–Kier alpha value is -7.42. The molecule has 0 radical (unpaired) electrons. The van der Waals surface area contributed by atoms with E-state index in [1.165, 1.54) is 66.1 Å². The molecule has 1 heterocycles. The molecule has 0 atom stereocenters. The van der Waals surface area contributed by atoms with Crippen molar-refractivity contribution in [1.82, 2.24) is 9.97 Å². The van der Waals surface area contributed by atoms with Gasteiger partial charge in [0.05, 0.1) is 11.4 Å². The topological polar surface area (TPSA) is 25.8 Å². The van der Waals surface area contributed by atoms with E-state index in [-0.39, 0.29) is 0 Å². The number of hydrogen-bond acceptors (Lipinski definition) is 2. The SMILES string of the molecule is c1ccc(-c2cc(-c3ccc4c(-c5ccccc5-c5ccccc5)c5ccccc5c(-c5ccccc5-c5ccccc5)c4c3)nc(-c3ccccc3)n2)cc1. The molecule has 0 aliphatic rings. The van der Waals surface area contributed by atoms with Gasteiger partial charge in [-0.15, -0.1) is 0 Å². The molecule has 0 saturated heterocycles. The van der Waals surface area contributed by atoms with E-state index < -0.39 is 0 Å². The van der Waals surface area contributed by atoms with E-state index in [0.717, 1.165) is 28.1 Å². The maximum Gasteiger partial charge on any atom is 0.160 e. The van der Waals surface area contributed by atoms with Crippen molar-refractivity contribution in [3.63, 3.8) is 0 Å². The van der Waals surface area contributed by atoms with E-state index in [2.05, 4.69) is 194 Å². The van der Waals surface area contributed by atoms with Crippen molar-refractivity contribution in [3.05, 3.63) is 218 Å². The molecule has 262 valence electrons. The smallest absolute Gasteiger partial charge is 0.160 e. The monoisotopic (exact) mass is 712 g/mol. The first-order valence-electron chi connectivity index (χ1n) is 19.1. The predicted octanol–water partition coefficient (Wildman–Crippen LogP) is 14.5. The van der Waals surface area contributed by atoms with E-state index in [0.29, 0.717) is 5.82 Å². The molecule has 0 saturated carbocycles. The van der Waals surface area contributed by atoms with Crippen LogP contribution in [0.25, 0.3) is 100.0 Å². The van der Waals surface area contributed by atoms with Gasteiger partial charge in [0, 0.05) is 16.7 Å². The van der Waals surface area contributed by atoms with Crippen LogP contribution in [0, 0.1) is 0 Å². The Morgan fingerprint density at radius 3 is 1.12 bits per heavy atom. The zero-order valence-electron chi connectivity index (χ0n) is 30.7. The summed E-state index contributed by atoms with van der Waals surface area (Å²) in [6.45, 7) is 0. The van der Waals surface area contributed by atoms with Crippen molar-refractivity contribution < 1.29 is 0 Å². The predicted molar refractivity (Wildman–Crippen MR) is 235 cm³/mol. The second-order valence-electron chi connectivity index (χ2n) is 14.1. The zero-order valence-corrected chi connectivity index (χ0v) is 30.7. The van der Waals surface area contributed by atoms with Crippen LogP contribution in [-0.4, -0.2) is 9.97 Å². The standard InChI is InChI=1S/C54H36N2/c1-5-19-37(20-6-1)42-27-13-15-29-44(42)52-46-31-17-18-32-47(46)53(45-30-16-14-28-43(45)38-21-7-2-8-22-38)49-35-41(33-34-48(49)52)51-36-50(39-23-9-3-10-24-39)55-54(56-51)40-25-11-4-12-26-40/h1-36H. The van der Waals surface area contributed by atoms with Gasteiger partial charge in [-0.1, -0.05) is 206 Å². The van der Waals surface area contributed by atoms with Crippen LogP contribution in [0.3, 0.4) is 0 Å². The van der Waals surface area contributed by atoms with Gasteiger partial charge in [0.25, 0.3) is 0 Å². The van der Waals surface area contributed by atoms with Gasteiger partial charge in [-0.05, 0) is 78.2 Å². The van der Waals surface area contributed by atoms with Crippen LogP contribution in [-0.2, 0) is 0 Å². The molecule has 0 N–H and O–H groups in total. The lowest BCUT2D eigenvalue weighted by molar-refractivity contribution is 1.18. The molecule has 0 amide bonds. The number of fused-ring (bicyclic) bond motifs is 2. The molecule has 10 aromatic rings. The maximum atomic E-state index is 5.26. The van der Waals surface area contributed by atoms with Crippen molar-refractivity contribution in [2.45, 2.75) is 0 Å². The highest BCUT2D eigenvalue weighted by Crippen LogP contribution is 2.48. The Morgan fingerprint density at radius 2 is 0.607 bits per heavy atom. The first-order valence-corrected chi connectivity index (χ1v) is 19.1. The summed E-state index contributed by atoms with van der Waals surface area (Å²) in [6, 6.07) is 77.7. The molecule has 0 bridgehead atoms. The molecular weight excluding hydrogens is 677 g/mol. The van der Waals surface area contributed by atoms with Gasteiger partial charge in [-0.2, -0.15) is 0 Å². The summed E-state index contributed by atoms with van der Waals surface area (Å²) in [6.07, 6.45) is 0. The summed E-state index contributed by atoms with van der Waals surface area (Å²) in [5.41, 5.74) is 14.4. The molecule has 10 rings (SSSR count). The molecule has 0 aliphatic heterocycles. The molecule has 9 aromatic carbocycles. The number of benzene rings is 9. The van der Waals surface area contributed by atoms with Gasteiger partial charge >= 0.3 is 0 Å². The van der Waals surface area contributed by atoms with Crippen molar-refractivity contribution >= 4 is 21.5 Å². The van der Waals surface area contributed by atoms with Crippen molar-refractivity contribution in [1.29, 1.82) is 0 Å². The first-order chi connectivity index (χ1) is 27.8. The van der Waals surface area contributed by atoms with Gasteiger partial charge in [0.15, 0.2) is 5.82 Å².